The van der Waals surface area contributed by atoms with Gasteiger partial charge in [0.1, 0.15) is 36.3 Å². The summed E-state index contributed by atoms with van der Waals surface area (Å²) < 4.78 is 5.40. The van der Waals surface area contributed by atoms with Crippen LogP contribution in [0, 0.1) is 0 Å². The number of ether oxygens (including phenoxy) is 1. The number of nitrogens with two attached hydrogens (primary N) is 1. The van der Waals surface area contributed by atoms with Gasteiger partial charge in [-0.15, -0.1) is 0 Å². The Morgan fingerprint density at radius 2 is 2.00 bits per heavy atom. The summed E-state index contributed by atoms with van der Waals surface area (Å²) in [6.07, 6.45) is -2.79. The molecule has 0 spiro atoms. The zero-order valence-electron chi connectivity index (χ0n) is 10.3. The number of nitrogen functional groups attached to an aromatic ring is 1. The van der Waals surface area contributed by atoms with Gasteiger partial charge >= 0.3 is 0 Å². The number of aromatic amines is 1. The lowest BCUT2D eigenvalue weighted by atomic mass is 10.1. The molecule has 0 radical (unpaired) electrons. The number of rotatable bonds is 2. The van der Waals surface area contributed by atoms with Gasteiger partial charge in [-0.3, -0.25) is 5.10 Å². The van der Waals surface area contributed by atoms with E-state index in [1.165, 1.54) is 6.33 Å². The Morgan fingerprint density at radius 1 is 1.25 bits per heavy atom. The molecule has 0 aliphatic carbocycles. The van der Waals surface area contributed by atoms with Gasteiger partial charge in [0.05, 0.1) is 12.3 Å². The summed E-state index contributed by atoms with van der Waals surface area (Å²) in [7, 11) is 0. The van der Waals surface area contributed by atoms with Crippen LogP contribution in [0.1, 0.15) is 11.8 Å². The molecule has 10 nitrogen and oxygen atoms in total. The Morgan fingerprint density at radius 3 is 2.65 bits per heavy atom. The summed E-state index contributed by atoms with van der Waals surface area (Å²) in [6, 6.07) is 0. The van der Waals surface area contributed by atoms with E-state index in [2.05, 4.69) is 20.2 Å². The molecule has 1 fully saturated rings. The molecular weight excluding hydrogens is 270 g/mol. The van der Waals surface area contributed by atoms with Crippen LogP contribution >= 0.6 is 0 Å². The summed E-state index contributed by atoms with van der Waals surface area (Å²) in [4.78, 5) is 7.84. The zero-order chi connectivity index (χ0) is 13.6. The highest BCUT2D eigenvalue weighted by Crippen LogP contribution is 2.35. The first kappa shape index (κ1) is 14.6. The summed E-state index contributed by atoms with van der Waals surface area (Å²) in [5.41, 5.74) is 6.84. The molecule has 0 unspecified atom stereocenters. The Kier molecular flexibility index (Phi) is 3.83. The van der Waals surface area contributed by atoms with E-state index >= 15 is 0 Å². The van der Waals surface area contributed by atoms with Crippen molar-refractivity contribution in [2.24, 2.45) is 0 Å². The molecule has 1 saturated heterocycles. The van der Waals surface area contributed by atoms with Crippen molar-refractivity contribution in [3.63, 3.8) is 0 Å². The molecule has 3 rings (SSSR count). The smallest absolute Gasteiger partial charge is 0.155 e. The van der Waals surface area contributed by atoms with Crippen LogP contribution in [0.3, 0.4) is 0 Å². The monoisotopic (exact) mass is 285 g/mol. The van der Waals surface area contributed by atoms with Crippen molar-refractivity contribution in [1.29, 1.82) is 0 Å². The first-order valence-corrected chi connectivity index (χ1v) is 5.70. The standard InChI is InChI=1S/C10H13N5O4.H2O/c11-10-6-4(12-2-13-10)5(14-15-6)9-8(18)7(17)3(1-16)19-9;/h2-3,7-9,16-18H,1H2,(H,14,15)(H2,11,12,13);1H2/t3-,7-,8-,9+;/m1./s1. The summed E-state index contributed by atoms with van der Waals surface area (Å²) in [5.74, 6) is 0.208. The molecule has 0 saturated carbocycles. The van der Waals surface area contributed by atoms with E-state index in [0.29, 0.717) is 16.7 Å². The van der Waals surface area contributed by atoms with Crippen molar-refractivity contribution < 1.29 is 25.5 Å². The van der Waals surface area contributed by atoms with Gasteiger partial charge in [-0.25, -0.2) is 9.97 Å². The van der Waals surface area contributed by atoms with E-state index in [1.807, 2.05) is 0 Å². The molecule has 0 bridgehead atoms. The Bertz CT molecular complexity index is 605. The zero-order valence-corrected chi connectivity index (χ0v) is 10.3. The average molecular weight is 285 g/mol. The predicted molar refractivity (Wildman–Crippen MR) is 66.4 cm³/mol. The van der Waals surface area contributed by atoms with E-state index in [9.17, 15) is 10.2 Å². The number of nitrogens with one attached hydrogen (secondary N) is 1. The van der Waals surface area contributed by atoms with Gasteiger partial charge in [-0.2, -0.15) is 5.10 Å². The van der Waals surface area contributed by atoms with Crippen molar-refractivity contribution in [2.45, 2.75) is 24.4 Å². The van der Waals surface area contributed by atoms with Gasteiger partial charge in [0.2, 0.25) is 0 Å². The van der Waals surface area contributed by atoms with E-state index < -0.39 is 31.0 Å². The van der Waals surface area contributed by atoms with Crippen LogP contribution in [0.2, 0.25) is 0 Å². The number of fused-ring (bicyclic) bond motifs is 1. The van der Waals surface area contributed by atoms with E-state index in [1.54, 1.807) is 0 Å². The summed E-state index contributed by atoms with van der Waals surface area (Å²) in [5, 5.41) is 35.4. The van der Waals surface area contributed by atoms with Crippen LogP contribution < -0.4 is 5.73 Å². The van der Waals surface area contributed by atoms with Crippen LogP contribution in [-0.2, 0) is 4.74 Å². The maximum absolute atomic E-state index is 9.95. The number of aliphatic hydroxyl groups is 3. The second-order valence-electron chi connectivity index (χ2n) is 4.35. The molecule has 3 heterocycles. The highest BCUT2D eigenvalue weighted by atomic mass is 16.6. The molecule has 8 N–H and O–H groups in total. The van der Waals surface area contributed by atoms with Crippen molar-refractivity contribution >= 4 is 16.9 Å². The molecule has 10 heteroatoms. The topological polar surface area (TPSA) is 182 Å². The number of anilines is 1. The molecule has 4 atom stereocenters. The molecular formula is C10H15N5O5. The number of aromatic nitrogens is 4. The molecule has 0 aromatic carbocycles. The fourth-order valence-electron chi connectivity index (χ4n) is 2.21. The van der Waals surface area contributed by atoms with Crippen LogP contribution in [0.5, 0.6) is 0 Å². The first-order chi connectivity index (χ1) is 9.13. The third kappa shape index (κ3) is 1.99. The fourth-order valence-corrected chi connectivity index (χ4v) is 2.21. The van der Waals surface area contributed by atoms with Gasteiger partial charge in [0.25, 0.3) is 0 Å². The highest BCUT2D eigenvalue weighted by molar-refractivity contribution is 5.85. The maximum Gasteiger partial charge on any atom is 0.155 e. The third-order valence-corrected chi connectivity index (χ3v) is 3.22. The van der Waals surface area contributed by atoms with E-state index in [4.69, 9.17) is 15.6 Å². The summed E-state index contributed by atoms with van der Waals surface area (Å²) >= 11 is 0. The van der Waals surface area contributed by atoms with Crippen LogP contribution in [0.4, 0.5) is 5.82 Å². The van der Waals surface area contributed by atoms with Crippen molar-refractivity contribution in [3.05, 3.63) is 12.0 Å². The van der Waals surface area contributed by atoms with Gasteiger partial charge < -0.3 is 31.3 Å². The lowest BCUT2D eigenvalue weighted by molar-refractivity contribution is -0.0236. The SMILES string of the molecule is Nc1ncnc2c([C@@H]3O[C@H](CO)[C@@H](O)[C@H]3O)[nH]nc12.O. The van der Waals surface area contributed by atoms with Gasteiger partial charge in [-0.05, 0) is 0 Å². The van der Waals surface area contributed by atoms with Gasteiger partial charge in [-0.1, -0.05) is 0 Å². The van der Waals surface area contributed by atoms with Crippen LogP contribution in [0.15, 0.2) is 6.33 Å². The minimum atomic E-state index is -1.18. The number of hydrogen-bond acceptors (Lipinski definition) is 8. The molecule has 2 aromatic rings. The maximum atomic E-state index is 9.95. The molecule has 20 heavy (non-hydrogen) atoms. The predicted octanol–water partition coefficient (Wildman–Crippen LogP) is -2.74. The second kappa shape index (κ2) is 5.26. The summed E-state index contributed by atoms with van der Waals surface area (Å²) in [6.45, 7) is -0.391. The minimum absolute atomic E-state index is 0. The Balaban J connectivity index is 0.00000147. The molecule has 2 aromatic heterocycles. The van der Waals surface area contributed by atoms with Crippen molar-refractivity contribution in [3.8, 4) is 0 Å². The normalized spacial score (nSPS) is 29.6. The quantitative estimate of drug-likeness (QED) is 0.393. The third-order valence-electron chi connectivity index (χ3n) is 3.22. The molecule has 0 amide bonds. The Hall–Kier alpha value is -1.85. The lowest BCUT2D eigenvalue weighted by Gasteiger charge is -2.12. The average Bonchev–Trinajstić information content (AvgIpc) is 2.94. The molecule has 1 aliphatic heterocycles. The highest BCUT2D eigenvalue weighted by Gasteiger charge is 2.44. The number of aliphatic hydroxyl groups excluding tert-OH is 3. The van der Waals surface area contributed by atoms with E-state index in [0.717, 1.165) is 0 Å². The molecule has 110 valence electrons. The van der Waals surface area contributed by atoms with Gasteiger partial charge in [0, 0.05) is 0 Å². The van der Waals surface area contributed by atoms with Crippen molar-refractivity contribution in [2.75, 3.05) is 12.3 Å². The Labute approximate surface area is 112 Å². The lowest BCUT2D eigenvalue weighted by Crippen LogP contribution is -2.32. The van der Waals surface area contributed by atoms with Crippen LogP contribution in [-0.4, -0.2) is 65.9 Å². The fraction of sp³-hybridized carbons (Fsp3) is 0.500. The number of hydrogen-bond donors (Lipinski definition) is 5. The minimum Gasteiger partial charge on any atom is -0.412 e. The van der Waals surface area contributed by atoms with Gasteiger partial charge in [0.15, 0.2) is 11.3 Å². The van der Waals surface area contributed by atoms with Crippen molar-refractivity contribution in [1.82, 2.24) is 20.2 Å². The number of nitrogens with zero attached hydrogens (tertiary/aromatic N) is 3. The van der Waals surface area contributed by atoms with Crippen LogP contribution in [0.25, 0.3) is 11.0 Å². The van der Waals surface area contributed by atoms with E-state index in [-0.39, 0.29) is 11.3 Å². The first-order valence-electron chi connectivity index (χ1n) is 5.70. The largest absolute Gasteiger partial charge is 0.412 e. The molecule has 1 aliphatic rings. The number of H-pyrrole nitrogens is 1. The second-order valence-corrected chi connectivity index (χ2v) is 4.35.